The third kappa shape index (κ3) is 3.92. The van der Waals surface area contributed by atoms with Gasteiger partial charge in [-0.15, -0.1) is 0 Å². The number of ether oxygens (including phenoxy) is 1. The number of benzene rings is 2. The molecule has 0 radical (unpaired) electrons. The summed E-state index contributed by atoms with van der Waals surface area (Å²) in [5, 5.41) is 4.00. The first-order chi connectivity index (χ1) is 10.2. The molecule has 21 heavy (non-hydrogen) atoms. The molecule has 0 atom stereocenters. The fourth-order valence-corrected chi connectivity index (χ4v) is 1.92. The van der Waals surface area contributed by atoms with Gasteiger partial charge >= 0.3 is 0 Å². The van der Waals surface area contributed by atoms with Crippen LogP contribution in [0.1, 0.15) is 28.4 Å². The molecule has 0 saturated carbocycles. The molecule has 0 spiro atoms. The SMILES string of the molecule is CCOc1ccccc1C=NNC(=O)c1ccccc1C. The molecule has 0 saturated heterocycles. The molecule has 0 aromatic heterocycles. The molecule has 0 bridgehead atoms. The molecular formula is C17H18N2O2. The maximum absolute atomic E-state index is 12.0. The van der Waals surface area contributed by atoms with Crippen molar-refractivity contribution in [1.29, 1.82) is 0 Å². The van der Waals surface area contributed by atoms with Crippen LogP contribution in [0, 0.1) is 6.92 Å². The number of aryl methyl sites for hydroxylation is 1. The number of amides is 1. The van der Waals surface area contributed by atoms with E-state index in [1.165, 1.54) is 0 Å². The molecule has 0 aliphatic carbocycles. The van der Waals surface area contributed by atoms with Gasteiger partial charge in [-0.2, -0.15) is 5.10 Å². The fraction of sp³-hybridized carbons (Fsp3) is 0.176. The lowest BCUT2D eigenvalue weighted by Gasteiger charge is -2.06. The Morgan fingerprint density at radius 2 is 1.90 bits per heavy atom. The van der Waals surface area contributed by atoms with Crippen LogP contribution in [0.15, 0.2) is 53.6 Å². The highest BCUT2D eigenvalue weighted by molar-refractivity contribution is 5.96. The summed E-state index contributed by atoms with van der Waals surface area (Å²) < 4.78 is 5.49. The van der Waals surface area contributed by atoms with Gasteiger partial charge in [0, 0.05) is 11.1 Å². The Hall–Kier alpha value is -2.62. The van der Waals surface area contributed by atoms with Crippen LogP contribution >= 0.6 is 0 Å². The maximum Gasteiger partial charge on any atom is 0.271 e. The Bertz CT molecular complexity index is 651. The first-order valence-electron chi connectivity index (χ1n) is 6.83. The summed E-state index contributed by atoms with van der Waals surface area (Å²) in [5.74, 6) is 0.520. The van der Waals surface area contributed by atoms with E-state index in [9.17, 15) is 4.79 Å². The first-order valence-corrected chi connectivity index (χ1v) is 6.83. The largest absolute Gasteiger partial charge is 0.493 e. The van der Waals surface area contributed by atoms with Crippen LogP contribution < -0.4 is 10.2 Å². The zero-order chi connectivity index (χ0) is 15.1. The lowest BCUT2D eigenvalue weighted by molar-refractivity contribution is 0.0954. The van der Waals surface area contributed by atoms with Gasteiger partial charge in [0.2, 0.25) is 0 Å². The van der Waals surface area contributed by atoms with E-state index >= 15 is 0 Å². The van der Waals surface area contributed by atoms with Crippen molar-refractivity contribution < 1.29 is 9.53 Å². The van der Waals surface area contributed by atoms with Gasteiger partial charge in [0.05, 0.1) is 12.8 Å². The predicted octanol–water partition coefficient (Wildman–Crippen LogP) is 3.16. The van der Waals surface area contributed by atoms with E-state index in [2.05, 4.69) is 10.5 Å². The van der Waals surface area contributed by atoms with E-state index in [4.69, 9.17) is 4.74 Å². The van der Waals surface area contributed by atoms with Crippen molar-refractivity contribution in [1.82, 2.24) is 5.43 Å². The Morgan fingerprint density at radius 3 is 2.67 bits per heavy atom. The van der Waals surface area contributed by atoms with Crippen molar-refractivity contribution in [2.45, 2.75) is 13.8 Å². The van der Waals surface area contributed by atoms with E-state index in [1.807, 2.05) is 56.3 Å². The minimum atomic E-state index is -0.224. The topological polar surface area (TPSA) is 50.7 Å². The number of nitrogens with one attached hydrogen (secondary N) is 1. The highest BCUT2D eigenvalue weighted by atomic mass is 16.5. The van der Waals surface area contributed by atoms with Gasteiger partial charge in [-0.25, -0.2) is 5.43 Å². The summed E-state index contributed by atoms with van der Waals surface area (Å²) in [6.45, 7) is 4.40. The number of nitrogens with zero attached hydrogens (tertiary/aromatic N) is 1. The quantitative estimate of drug-likeness (QED) is 0.676. The lowest BCUT2D eigenvalue weighted by Crippen LogP contribution is -2.18. The summed E-state index contributed by atoms with van der Waals surface area (Å²) in [7, 11) is 0. The summed E-state index contributed by atoms with van der Waals surface area (Å²) in [4.78, 5) is 12.0. The van der Waals surface area contributed by atoms with Gasteiger partial charge in [0.15, 0.2) is 0 Å². The Morgan fingerprint density at radius 1 is 1.19 bits per heavy atom. The zero-order valence-electron chi connectivity index (χ0n) is 12.2. The highest BCUT2D eigenvalue weighted by Crippen LogP contribution is 2.15. The van der Waals surface area contributed by atoms with Gasteiger partial charge < -0.3 is 4.74 Å². The fourth-order valence-electron chi connectivity index (χ4n) is 1.92. The third-order valence-corrected chi connectivity index (χ3v) is 2.98. The van der Waals surface area contributed by atoms with Crippen LogP contribution in [0.3, 0.4) is 0 Å². The Labute approximate surface area is 124 Å². The number of hydrogen-bond acceptors (Lipinski definition) is 3. The summed E-state index contributed by atoms with van der Waals surface area (Å²) >= 11 is 0. The molecule has 2 rings (SSSR count). The molecule has 1 amide bonds. The van der Waals surface area contributed by atoms with E-state index in [0.717, 1.165) is 16.9 Å². The number of carbonyl (C=O) groups excluding carboxylic acids is 1. The zero-order valence-corrected chi connectivity index (χ0v) is 12.2. The predicted molar refractivity (Wildman–Crippen MR) is 83.9 cm³/mol. The molecule has 0 aliphatic heterocycles. The molecule has 0 heterocycles. The standard InChI is InChI=1S/C17H18N2O2/c1-3-21-16-11-7-5-9-14(16)12-18-19-17(20)15-10-6-4-8-13(15)2/h4-12H,3H2,1-2H3,(H,19,20). The van der Waals surface area contributed by atoms with Crippen LogP contribution in [0.4, 0.5) is 0 Å². The van der Waals surface area contributed by atoms with E-state index < -0.39 is 0 Å². The van der Waals surface area contributed by atoms with Gasteiger partial charge in [0.1, 0.15) is 5.75 Å². The van der Waals surface area contributed by atoms with Crippen molar-refractivity contribution in [3.05, 3.63) is 65.2 Å². The van der Waals surface area contributed by atoms with Crippen molar-refractivity contribution in [3.8, 4) is 5.75 Å². The first kappa shape index (κ1) is 14.8. The normalized spacial score (nSPS) is 10.6. The molecule has 108 valence electrons. The average Bonchev–Trinajstić information content (AvgIpc) is 2.49. The molecule has 1 N–H and O–H groups in total. The molecule has 0 unspecified atom stereocenters. The second-order valence-corrected chi connectivity index (χ2v) is 4.48. The van der Waals surface area contributed by atoms with E-state index in [0.29, 0.717) is 12.2 Å². The molecule has 0 aliphatic rings. The number of hydrazone groups is 1. The molecule has 4 heteroatoms. The number of para-hydroxylation sites is 1. The number of hydrogen-bond donors (Lipinski definition) is 1. The van der Waals surface area contributed by atoms with E-state index in [-0.39, 0.29) is 5.91 Å². The highest BCUT2D eigenvalue weighted by Gasteiger charge is 2.06. The smallest absolute Gasteiger partial charge is 0.271 e. The molecule has 2 aromatic rings. The van der Waals surface area contributed by atoms with Crippen molar-refractivity contribution in [3.63, 3.8) is 0 Å². The van der Waals surface area contributed by atoms with Gasteiger partial charge in [-0.1, -0.05) is 30.3 Å². The Balaban J connectivity index is 2.06. The summed E-state index contributed by atoms with van der Waals surface area (Å²) in [5.41, 5.74) is 4.89. The van der Waals surface area contributed by atoms with Crippen LogP contribution in [0.2, 0.25) is 0 Å². The molecule has 2 aromatic carbocycles. The second kappa shape index (κ2) is 7.24. The van der Waals surface area contributed by atoms with Gasteiger partial charge in [-0.3, -0.25) is 4.79 Å². The number of carbonyl (C=O) groups is 1. The monoisotopic (exact) mass is 282 g/mol. The van der Waals surface area contributed by atoms with Gasteiger partial charge in [0.25, 0.3) is 5.91 Å². The molecular weight excluding hydrogens is 264 g/mol. The number of rotatable bonds is 5. The van der Waals surface area contributed by atoms with E-state index in [1.54, 1.807) is 12.3 Å². The van der Waals surface area contributed by atoms with Crippen molar-refractivity contribution in [2.24, 2.45) is 5.10 Å². The average molecular weight is 282 g/mol. The van der Waals surface area contributed by atoms with Crippen LogP contribution in [-0.2, 0) is 0 Å². The lowest BCUT2D eigenvalue weighted by atomic mass is 10.1. The minimum Gasteiger partial charge on any atom is -0.493 e. The third-order valence-electron chi connectivity index (χ3n) is 2.98. The Kier molecular flexibility index (Phi) is 5.10. The summed E-state index contributed by atoms with van der Waals surface area (Å²) in [6, 6.07) is 14.9. The van der Waals surface area contributed by atoms with Gasteiger partial charge in [-0.05, 0) is 37.6 Å². The summed E-state index contributed by atoms with van der Waals surface area (Å²) in [6.07, 6.45) is 1.58. The minimum absolute atomic E-state index is 0.224. The second-order valence-electron chi connectivity index (χ2n) is 4.48. The molecule has 0 fully saturated rings. The maximum atomic E-state index is 12.0. The van der Waals surface area contributed by atoms with Crippen molar-refractivity contribution in [2.75, 3.05) is 6.61 Å². The van der Waals surface area contributed by atoms with Crippen LogP contribution in [0.25, 0.3) is 0 Å². The van der Waals surface area contributed by atoms with Crippen LogP contribution in [-0.4, -0.2) is 18.7 Å². The van der Waals surface area contributed by atoms with Crippen molar-refractivity contribution >= 4 is 12.1 Å². The van der Waals surface area contributed by atoms with Crippen LogP contribution in [0.5, 0.6) is 5.75 Å². The molecule has 4 nitrogen and oxygen atoms in total.